The van der Waals surface area contributed by atoms with Crippen LogP contribution in [0, 0.1) is 0 Å². The van der Waals surface area contributed by atoms with Crippen molar-refractivity contribution in [2.75, 3.05) is 20.8 Å². The normalized spacial score (nSPS) is 12.8. The van der Waals surface area contributed by atoms with Gasteiger partial charge in [-0.15, -0.1) is 0 Å². The van der Waals surface area contributed by atoms with Crippen LogP contribution in [0.5, 0.6) is 11.5 Å². The Labute approximate surface area is 162 Å². The van der Waals surface area contributed by atoms with E-state index in [0.717, 1.165) is 5.56 Å². The van der Waals surface area contributed by atoms with Gasteiger partial charge in [0.25, 0.3) is 0 Å². The maximum atomic E-state index is 12.2. The Morgan fingerprint density at radius 1 is 1.11 bits per heavy atom. The first-order valence-electron chi connectivity index (χ1n) is 8.58. The highest BCUT2D eigenvalue weighted by Crippen LogP contribution is 2.30. The van der Waals surface area contributed by atoms with Crippen LogP contribution in [-0.4, -0.2) is 31.9 Å². The van der Waals surface area contributed by atoms with Crippen LogP contribution in [0.25, 0.3) is 0 Å². The Balaban J connectivity index is 1.61. The van der Waals surface area contributed by atoms with E-state index < -0.39 is 11.6 Å². The van der Waals surface area contributed by atoms with Gasteiger partial charge in [0.15, 0.2) is 17.1 Å². The zero-order valence-corrected chi connectivity index (χ0v) is 15.6. The van der Waals surface area contributed by atoms with Crippen molar-refractivity contribution in [2.24, 2.45) is 0 Å². The van der Waals surface area contributed by atoms with E-state index in [-0.39, 0.29) is 13.1 Å². The minimum absolute atomic E-state index is 0.0994. The minimum Gasteiger partial charge on any atom is -0.493 e. The Morgan fingerprint density at radius 2 is 1.93 bits per heavy atom. The zero-order chi connectivity index (χ0) is 20.0. The van der Waals surface area contributed by atoms with Gasteiger partial charge in [0.1, 0.15) is 5.76 Å². The van der Waals surface area contributed by atoms with Crippen LogP contribution in [0.2, 0.25) is 0 Å². The molecule has 0 saturated carbocycles. The molecule has 0 aliphatic rings. The average molecular weight is 386 g/mol. The highest BCUT2D eigenvalue weighted by molar-refractivity contribution is 5.74. The molecule has 0 aliphatic heterocycles. The first-order chi connectivity index (χ1) is 13.6. The summed E-state index contributed by atoms with van der Waals surface area (Å²) in [5.41, 5.74) is -0.233. The first-order valence-corrected chi connectivity index (χ1v) is 8.58. The van der Waals surface area contributed by atoms with Gasteiger partial charge in [0.05, 0.1) is 39.6 Å². The molecule has 148 valence electrons. The molecule has 8 heteroatoms. The fraction of sp³-hybridized carbons (Fsp3) is 0.250. The number of hydrogen-bond acceptors (Lipinski definition) is 6. The number of carbonyl (C=O) groups is 1. The molecule has 28 heavy (non-hydrogen) atoms. The highest BCUT2D eigenvalue weighted by atomic mass is 16.5. The lowest BCUT2D eigenvalue weighted by atomic mass is 9.93. The maximum Gasteiger partial charge on any atom is 0.315 e. The van der Waals surface area contributed by atoms with E-state index in [1.807, 2.05) is 6.07 Å². The van der Waals surface area contributed by atoms with Crippen molar-refractivity contribution in [2.45, 2.75) is 12.1 Å². The monoisotopic (exact) mass is 386 g/mol. The molecule has 3 N–H and O–H groups in total. The van der Waals surface area contributed by atoms with Gasteiger partial charge in [-0.25, -0.2) is 4.79 Å². The summed E-state index contributed by atoms with van der Waals surface area (Å²) in [4.78, 5) is 12.2. The molecule has 2 heterocycles. The number of rotatable bonds is 8. The number of ether oxygens (including phenoxy) is 2. The molecule has 0 spiro atoms. The number of urea groups is 1. The van der Waals surface area contributed by atoms with Gasteiger partial charge in [-0.05, 0) is 35.9 Å². The number of methoxy groups -OCH3 is 2. The van der Waals surface area contributed by atoms with Crippen molar-refractivity contribution < 1.29 is 28.2 Å². The van der Waals surface area contributed by atoms with Crippen LogP contribution < -0.4 is 20.1 Å². The van der Waals surface area contributed by atoms with Crippen LogP contribution in [0.4, 0.5) is 4.79 Å². The molecule has 0 unspecified atom stereocenters. The van der Waals surface area contributed by atoms with E-state index in [1.165, 1.54) is 18.8 Å². The molecule has 1 aromatic carbocycles. The molecule has 2 aromatic heterocycles. The van der Waals surface area contributed by atoms with Crippen molar-refractivity contribution in [3.63, 3.8) is 0 Å². The van der Waals surface area contributed by atoms with Crippen molar-refractivity contribution in [1.29, 1.82) is 0 Å². The lowest BCUT2D eigenvalue weighted by molar-refractivity contribution is 0.0581. The number of carbonyl (C=O) groups excluding carboxylic acids is 1. The van der Waals surface area contributed by atoms with Crippen molar-refractivity contribution in [3.8, 4) is 11.5 Å². The summed E-state index contributed by atoms with van der Waals surface area (Å²) in [6.45, 7) is 0.175. The van der Waals surface area contributed by atoms with Crippen molar-refractivity contribution >= 4 is 6.03 Å². The molecular weight excluding hydrogens is 364 g/mol. The molecule has 1 atom stereocenters. The van der Waals surface area contributed by atoms with Gasteiger partial charge in [0, 0.05) is 12.1 Å². The smallest absolute Gasteiger partial charge is 0.315 e. The predicted molar refractivity (Wildman–Crippen MR) is 100 cm³/mol. The molecule has 0 aliphatic carbocycles. The van der Waals surface area contributed by atoms with Gasteiger partial charge < -0.3 is 34.0 Å². The van der Waals surface area contributed by atoms with Gasteiger partial charge in [0.2, 0.25) is 0 Å². The third-order valence-corrected chi connectivity index (χ3v) is 4.33. The summed E-state index contributed by atoms with van der Waals surface area (Å²) in [5.74, 6) is 1.49. The third kappa shape index (κ3) is 4.12. The van der Waals surface area contributed by atoms with Crippen molar-refractivity contribution in [1.82, 2.24) is 10.6 Å². The summed E-state index contributed by atoms with van der Waals surface area (Å²) in [5, 5.41) is 16.5. The van der Waals surface area contributed by atoms with Gasteiger partial charge in [-0.3, -0.25) is 0 Å². The number of aliphatic hydroxyl groups is 1. The molecule has 0 saturated heterocycles. The largest absolute Gasteiger partial charge is 0.493 e. The zero-order valence-electron chi connectivity index (χ0n) is 15.6. The minimum atomic E-state index is -1.54. The number of benzene rings is 1. The second-order valence-corrected chi connectivity index (χ2v) is 6.08. The highest BCUT2D eigenvalue weighted by Gasteiger charge is 2.36. The van der Waals surface area contributed by atoms with Crippen LogP contribution in [0.3, 0.4) is 0 Å². The number of furan rings is 2. The van der Waals surface area contributed by atoms with Crippen molar-refractivity contribution in [3.05, 3.63) is 72.1 Å². The second-order valence-electron chi connectivity index (χ2n) is 6.08. The number of nitrogens with one attached hydrogen (secondary N) is 2. The Kier molecular flexibility index (Phi) is 5.90. The van der Waals surface area contributed by atoms with E-state index >= 15 is 0 Å². The molecule has 3 aromatic rings. The SMILES string of the molecule is COc1ccc(CNC(=O)NC[C@@](O)(c2ccoc2)c2ccco2)cc1OC. The molecule has 0 fully saturated rings. The Morgan fingerprint density at radius 3 is 2.57 bits per heavy atom. The Hall–Kier alpha value is -3.39. The molecule has 3 rings (SSSR count). The molecule has 0 radical (unpaired) electrons. The summed E-state index contributed by atoms with van der Waals surface area (Å²) in [6, 6.07) is 9.85. The van der Waals surface area contributed by atoms with Crippen LogP contribution >= 0.6 is 0 Å². The summed E-state index contributed by atoms with van der Waals surface area (Å²) in [6.07, 6.45) is 4.31. The standard InChI is InChI=1S/C20H22N2O6/c1-25-16-6-5-14(10-17(16)26-2)11-21-19(23)22-13-20(24,15-7-9-27-12-15)18-4-3-8-28-18/h3-10,12,24H,11,13H2,1-2H3,(H2,21,22,23)/t20-/m1/s1. The summed E-state index contributed by atoms with van der Waals surface area (Å²) in [7, 11) is 3.11. The molecule has 2 amide bonds. The third-order valence-electron chi connectivity index (χ3n) is 4.33. The lowest BCUT2D eigenvalue weighted by Crippen LogP contribution is -2.45. The van der Waals surface area contributed by atoms with E-state index in [4.69, 9.17) is 18.3 Å². The first kappa shape index (κ1) is 19.4. The Bertz CT molecular complexity index is 855. The second kappa shape index (κ2) is 8.53. The molecular formula is C20H22N2O6. The van der Waals surface area contributed by atoms with Crippen LogP contribution in [-0.2, 0) is 12.1 Å². The molecule has 0 bridgehead atoms. The fourth-order valence-electron chi connectivity index (χ4n) is 2.79. The van der Waals surface area contributed by atoms with Gasteiger partial charge >= 0.3 is 6.03 Å². The maximum absolute atomic E-state index is 12.2. The van der Waals surface area contributed by atoms with E-state index in [2.05, 4.69) is 10.6 Å². The summed E-state index contributed by atoms with van der Waals surface area (Å²) < 4.78 is 20.8. The van der Waals surface area contributed by atoms with Crippen LogP contribution in [0.15, 0.2) is 64.0 Å². The van der Waals surface area contributed by atoms with Gasteiger partial charge in [-0.1, -0.05) is 6.07 Å². The summed E-state index contributed by atoms with van der Waals surface area (Å²) >= 11 is 0. The topological polar surface area (TPSA) is 106 Å². The fourth-order valence-corrected chi connectivity index (χ4v) is 2.79. The van der Waals surface area contributed by atoms with Crippen LogP contribution in [0.1, 0.15) is 16.9 Å². The average Bonchev–Trinajstić information content (AvgIpc) is 3.44. The lowest BCUT2D eigenvalue weighted by Gasteiger charge is -2.25. The molecule has 8 nitrogen and oxygen atoms in total. The quantitative estimate of drug-likeness (QED) is 0.550. The van der Waals surface area contributed by atoms with Gasteiger partial charge in [-0.2, -0.15) is 0 Å². The van der Waals surface area contributed by atoms with E-state index in [9.17, 15) is 9.90 Å². The van der Waals surface area contributed by atoms with E-state index in [1.54, 1.807) is 44.6 Å². The predicted octanol–water partition coefficient (Wildman–Crippen LogP) is 2.63. The van der Waals surface area contributed by atoms with E-state index in [0.29, 0.717) is 22.8 Å². The number of hydrogen-bond donors (Lipinski definition) is 3. The number of amides is 2.